The molecule has 0 bridgehead atoms. The van der Waals surface area contributed by atoms with Crippen molar-refractivity contribution >= 4 is 21.9 Å². The normalized spacial score (nSPS) is 16.1. The molecule has 1 aliphatic rings. The fraction of sp³-hybridized carbons (Fsp3) is 0.556. The van der Waals surface area contributed by atoms with Gasteiger partial charge in [-0.05, 0) is 57.9 Å². The van der Waals surface area contributed by atoms with Crippen molar-refractivity contribution in [2.75, 3.05) is 19.7 Å². The first-order valence-electron chi connectivity index (χ1n) is 8.68. The van der Waals surface area contributed by atoms with Crippen molar-refractivity contribution in [1.82, 2.24) is 9.62 Å². The largest absolute Gasteiger partial charge is 0.452 e. The lowest BCUT2D eigenvalue weighted by Crippen LogP contribution is -2.42. The minimum Gasteiger partial charge on any atom is -0.452 e. The van der Waals surface area contributed by atoms with Crippen molar-refractivity contribution in [3.05, 3.63) is 29.8 Å². The summed E-state index contributed by atoms with van der Waals surface area (Å²) >= 11 is 0. The highest BCUT2D eigenvalue weighted by Crippen LogP contribution is 2.21. The molecule has 8 heteroatoms. The fourth-order valence-corrected chi connectivity index (χ4v) is 4.20. The summed E-state index contributed by atoms with van der Waals surface area (Å²) in [5.41, 5.74) is -0.209. The molecule has 26 heavy (non-hydrogen) atoms. The number of carbonyl (C=O) groups excluding carboxylic acids is 2. The van der Waals surface area contributed by atoms with Gasteiger partial charge in [0.2, 0.25) is 10.0 Å². The Morgan fingerprint density at radius 1 is 1.08 bits per heavy atom. The third-order valence-electron chi connectivity index (χ3n) is 3.89. The number of benzene rings is 1. The molecule has 1 aromatic carbocycles. The molecule has 2 rings (SSSR count). The molecule has 1 heterocycles. The topological polar surface area (TPSA) is 92.8 Å². The van der Waals surface area contributed by atoms with Crippen molar-refractivity contribution in [1.29, 1.82) is 0 Å². The van der Waals surface area contributed by atoms with Gasteiger partial charge in [-0.2, -0.15) is 4.31 Å². The van der Waals surface area contributed by atoms with Gasteiger partial charge in [-0.1, -0.05) is 6.42 Å². The highest BCUT2D eigenvalue weighted by Gasteiger charge is 2.26. The molecule has 0 atom stereocenters. The van der Waals surface area contributed by atoms with Gasteiger partial charge < -0.3 is 10.1 Å². The van der Waals surface area contributed by atoms with Crippen LogP contribution in [0.3, 0.4) is 0 Å². The summed E-state index contributed by atoms with van der Waals surface area (Å²) in [5, 5.41) is 2.69. The molecule has 1 N–H and O–H groups in total. The minimum atomic E-state index is -3.53. The number of rotatable bonds is 5. The van der Waals surface area contributed by atoms with Crippen molar-refractivity contribution in [2.24, 2.45) is 0 Å². The van der Waals surface area contributed by atoms with E-state index in [0.717, 1.165) is 19.3 Å². The van der Waals surface area contributed by atoms with Gasteiger partial charge >= 0.3 is 5.97 Å². The number of hydrogen-bond donors (Lipinski definition) is 1. The molecule has 0 aliphatic carbocycles. The monoisotopic (exact) mass is 382 g/mol. The number of sulfonamides is 1. The van der Waals surface area contributed by atoms with Crippen molar-refractivity contribution in [3.8, 4) is 0 Å². The average Bonchev–Trinajstić information content (AvgIpc) is 2.59. The van der Waals surface area contributed by atoms with Gasteiger partial charge in [0.25, 0.3) is 5.91 Å². The maximum atomic E-state index is 12.6. The molecule has 1 fully saturated rings. The Morgan fingerprint density at radius 3 is 2.19 bits per heavy atom. The second-order valence-electron chi connectivity index (χ2n) is 7.36. The molecule has 7 nitrogen and oxygen atoms in total. The zero-order chi connectivity index (χ0) is 19.4. The van der Waals surface area contributed by atoms with E-state index in [0.29, 0.717) is 13.1 Å². The second-order valence-corrected chi connectivity index (χ2v) is 9.30. The molecule has 144 valence electrons. The number of nitrogens with zero attached hydrogens (tertiary/aromatic N) is 1. The molecule has 0 aromatic heterocycles. The van der Waals surface area contributed by atoms with Crippen LogP contribution in [0, 0.1) is 0 Å². The first kappa shape index (κ1) is 20.4. The summed E-state index contributed by atoms with van der Waals surface area (Å²) < 4.78 is 31.6. The highest BCUT2D eigenvalue weighted by molar-refractivity contribution is 7.89. The van der Waals surface area contributed by atoms with Crippen LogP contribution in [0.2, 0.25) is 0 Å². The smallest absolute Gasteiger partial charge is 0.338 e. The zero-order valence-electron chi connectivity index (χ0n) is 15.4. The van der Waals surface area contributed by atoms with Gasteiger partial charge in [-0.25, -0.2) is 13.2 Å². The number of nitrogens with one attached hydrogen (secondary N) is 1. The fourth-order valence-electron chi connectivity index (χ4n) is 2.69. The van der Waals surface area contributed by atoms with E-state index in [1.54, 1.807) is 0 Å². The SMILES string of the molecule is CC(C)(C)NC(=O)COC(=O)c1ccc(S(=O)(=O)N2CCCCC2)cc1. The quantitative estimate of drug-likeness (QED) is 0.786. The lowest BCUT2D eigenvalue weighted by molar-refractivity contribution is -0.125. The number of amides is 1. The van der Waals surface area contributed by atoms with Crippen LogP contribution in [-0.2, 0) is 19.6 Å². The van der Waals surface area contributed by atoms with Gasteiger partial charge in [-0.15, -0.1) is 0 Å². The van der Waals surface area contributed by atoms with Crippen LogP contribution < -0.4 is 5.32 Å². The van der Waals surface area contributed by atoms with Crippen molar-refractivity contribution in [2.45, 2.75) is 50.5 Å². The molecule has 1 saturated heterocycles. The molecule has 0 saturated carbocycles. The maximum Gasteiger partial charge on any atom is 0.338 e. The lowest BCUT2D eigenvalue weighted by Gasteiger charge is -2.25. The van der Waals surface area contributed by atoms with E-state index in [4.69, 9.17) is 4.74 Å². The Bertz CT molecular complexity index is 745. The summed E-state index contributed by atoms with van der Waals surface area (Å²) in [5.74, 6) is -1.06. The standard InChI is InChI=1S/C18H26N2O5S/c1-18(2,3)19-16(21)13-25-17(22)14-7-9-15(10-8-14)26(23,24)20-11-5-4-6-12-20/h7-10H,4-6,11-13H2,1-3H3,(H,19,21). The van der Waals surface area contributed by atoms with Crippen LogP contribution in [0.15, 0.2) is 29.2 Å². The Labute approximate surface area is 154 Å². The van der Waals surface area contributed by atoms with Gasteiger partial charge in [0.15, 0.2) is 6.61 Å². The molecule has 1 aliphatic heterocycles. The second kappa shape index (κ2) is 8.18. The van der Waals surface area contributed by atoms with E-state index in [1.807, 2.05) is 20.8 Å². The first-order valence-corrected chi connectivity index (χ1v) is 10.1. The third-order valence-corrected chi connectivity index (χ3v) is 5.80. The van der Waals surface area contributed by atoms with Gasteiger partial charge in [-0.3, -0.25) is 4.79 Å². The molecule has 0 spiro atoms. The Hall–Kier alpha value is -1.93. The van der Waals surface area contributed by atoms with Crippen molar-refractivity contribution in [3.63, 3.8) is 0 Å². The molecular formula is C18H26N2O5S. The number of esters is 1. The van der Waals surface area contributed by atoms with E-state index in [-0.39, 0.29) is 17.1 Å². The number of hydrogen-bond acceptors (Lipinski definition) is 5. The lowest BCUT2D eigenvalue weighted by atomic mass is 10.1. The van der Waals surface area contributed by atoms with E-state index >= 15 is 0 Å². The number of piperidine rings is 1. The van der Waals surface area contributed by atoms with Crippen molar-refractivity contribution < 1.29 is 22.7 Å². The number of ether oxygens (including phenoxy) is 1. The van der Waals surface area contributed by atoms with Crippen LogP contribution in [0.4, 0.5) is 0 Å². The Morgan fingerprint density at radius 2 is 1.65 bits per heavy atom. The predicted molar refractivity (Wildman–Crippen MR) is 97.2 cm³/mol. The summed E-state index contributed by atoms with van der Waals surface area (Å²) in [6, 6.07) is 5.60. The van der Waals surface area contributed by atoms with Crippen LogP contribution in [0.25, 0.3) is 0 Å². The molecular weight excluding hydrogens is 356 g/mol. The summed E-state index contributed by atoms with van der Waals surface area (Å²) in [7, 11) is -3.53. The third kappa shape index (κ3) is 5.54. The Kier molecular flexibility index (Phi) is 6.41. The first-order chi connectivity index (χ1) is 12.1. The maximum absolute atomic E-state index is 12.6. The molecule has 1 aromatic rings. The summed E-state index contributed by atoms with van der Waals surface area (Å²) in [4.78, 5) is 23.9. The summed E-state index contributed by atoms with van der Waals surface area (Å²) in [6.07, 6.45) is 2.76. The average molecular weight is 382 g/mol. The van der Waals surface area contributed by atoms with E-state index in [2.05, 4.69) is 5.32 Å². The van der Waals surface area contributed by atoms with Crippen LogP contribution in [-0.4, -0.2) is 49.8 Å². The van der Waals surface area contributed by atoms with E-state index in [9.17, 15) is 18.0 Å². The van der Waals surface area contributed by atoms with E-state index in [1.165, 1.54) is 28.6 Å². The molecule has 1 amide bonds. The highest BCUT2D eigenvalue weighted by atomic mass is 32.2. The van der Waals surface area contributed by atoms with Gasteiger partial charge in [0, 0.05) is 18.6 Å². The van der Waals surface area contributed by atoms with Gasteiger partial charge in [0.05, 0.1) is 10.5 Å². The number of carbonyl (C=O) groups is 2. The predicted octanol–water partition coefficient (Wildman–Crippen LogP) is 1.93. The van der Waals surface area contributed by atoms with Crippen LogP contribution in [0.1, 0.15) is 50.4 Å². The van der Waals surface area contributed by atoms with Crippen LogP contribution in [0.5, 0.6) is 0 Å². The molecule has 0 unspecified atom stereocenters. The zero-order valence-corrected chi connectivity index (χ0v) is 16.3. The molecule has 0 radical (unpaired) electrons. The van der Waals surface area contributed by atoms with E-state index < -0.39 is 27.4 Å². The van der Waals surface area contributed by atoms with Crippen LogP contribution >= 0.6 is 0 Å². The Balaban J connectivity index is 1.98. The summed E-state index contributed by atoms with van der Waals surface area (Å²) in [6.45, 7) is 6.14. The van der Waals surface area contributed by atoms with Gasteiger partial charge in [0.1, 0.15) is 0 Å². The minimum absolute atomic E-state index is 0.154.